The fourth-order valence-electron chi connectivity index (χ4n) is 3.49. The number of hydrogen-bond donors (Lipinski definition) is 3. The quantitative estimate of drug-likeness (QED) is 0.527. The minimum absolute atomic E-state index is 0.0457. The summed E-state index contributed by atoms with van der Waals surface area (Å²) in [5.74, 6) is 0.733. The van der Waals surface area contributed by atoms with Crippen molar-refractivity contribution in [2.75, 3.05) is 23.7 Å². The van der Waals surface area contributed by atoms with Crippen LogP contribution in [0.5, 0.6) is 0 Å². The molecule has 1 aromatic carbocycles. The van der Waals surface area contributed by atoms with Crippen molar-refractivity contribution in [3.63, 3.8) is 0 Å². The predicted molar refractivity (Wildman–Crippen MR) is 120 cm³/mol. The third-order valence-electron chi connectivity index (χ3n) is 5.19. The molecular formula is C23H23ClFN5O. The number of carbonyl (C=O) groups excluding carboxylic acids is 1. The Kier molecular flexibility index (Phi) is 6.74. The zero-order valence-electron chi connectivity index (χ0n) is 16.9. The van der Waals surface area contributed by atoms with Gasteiger partial charge in [-0.05, 0) is 55.3 Å². The minimum atomic E-state index is -0.265. The molecule has 0 unspecified atom stereocenters. The number of anilines is 2. The number of carbonyl (C=O) groups is 1. The van der Waals surface area contributed by atoms with Crippen LogP contribution in [0.25, 0.3) is 11.3 Å². The minimum Gasteiger partial charge on any atom is -0.366 e. The van der Waals surface area contributed by atoms with Crippen LogP contribution in [0.15, 0.2) is 54.7 Å². The van der Waals surface area contributed by atoms with E-state index in [0.29, 0.717) is 41.0 Å². The molecule has 1 aliphatic heterocycles. The van der Waals surface area contributed by atoms with Crippen molar-refractivity contribution >= 4 is 29.1 Å². The zero-order valence-corrected chi connectivity index (χ0v) is 17.6. The van der Waals surface area contributed by atoms with Crippen molar-refractivity contribution in [1.29, 1.82) is 0 Å². The maximum atomic E-state index is 13.1. The van der Waals surface area contributed by atoms with Crippen LogP contribution in [0.3, 0.4) is 0 Å². The number of pyridine rings is 2. The Morgan fingerprint density at radius 3 is 2.81 bits per heavy atom. The van der Waals surface area contributed by atoms with Crippen LogP contribution < -0.4 is 16.0 Å². The van der Waals surface area contributed by atoms with Crippen LogP contribution in [0.2, 0.25) is 5.02 Å². The molecule has 4 rings (SSSR count). The van der Waals surface area contributed by atoms with E-state index in [1.807, 2.05) is 18.2 Å². The number of rotatable bonds is 6. The molecule has 3 heterocycles. The van der Waals surface area contributed by atoms with Gasteiger partial charge in [0, 0.05) is 24.8 Å². The SMILES string of the molecule is O=C(Nc1cc(-c2cccc(NCc3ccc(F)cc3)n2)c(Cl)cn1)[C@@H]1CCCNC1. The highest BCUT2D eigenvalue weighted by atomic mass is 35.5. The second-order valence-electron chi connectivity index (χ2n) is 7.47. The molecule has 1 atom stereocenters. The van der Waals surface area contributed by atoms with E-state index in [1.54, 1.807) is 18.2 Å². The number of nitrogens with zero attached hydrogens (tertiary/aromatic N) is 2. The predicted octanol–water partition coefficient (Wildman–Crippen LogP) is 4.49. The summed E-state index contributed by atoms with van der Waals surface area (Å²) >= 11 is 6.37. The molecule has 8 heteroatoms. The largest absolute Gasteiger partial charge is 0.366 e. The molecule has 3 aromatic rings. The van der Waals surface area contributed by atoms with Gasteiger partial charge in [0.1, 0.15) is 17.5 Å². The Morgan fingerprint density at radius 1 is 1.19 bits per heavy atom. The first kappa shape index (κ1) is 21.2. The summed E-state index contributed by atoms with van der Waals surface area (Å²) in [6, 6.07) is 13.6. The molecule has 0 radical (unpaired) electrons. The first-order chi connectivity index (χ1) is 15.1. The van der Waals surface area contributed by atoms with Gasteiger partial charge in [-0.2, -0.15) is 0 Å². The maximum absolute atomic E-state index is 13.1. The van der Waals surface area contributed by atoms with E-state index in [9.17, 15) is 9.18 Å². The van der Waals surface area contributed by atoms with E-state index in [0.717, 1.165) is 24.9 Å². The highest BCUT2D eigenvalue weighted by molar-refractivity contribution is 6.33. The van der Waals surface area contributed by atoms with E-state index in [-0.39, 0.29) is 17.6 Å². The maximum Gasteiger partial charge on any atom is 0.229 e. The van der Waals surface area contributed by atoms with Gasteiger partial charge in [-0.15, -0.1) is 0 Å². The monoisotopic (exact) mass is 439 g/mol. The van der Waals surface area contributed by atoms with Crippen molar-refractivity contribution in [3.8, 4) is 11.3 Å². The van der Waals surface area contributed by atoms with E-state index in [1.165, 1.54) is 18.3 Å². The topological polar surface area (TPSA) is 78.9 Å². The van der Waals surface area contributed by atoms with Gasteiger partial charge in [-0.25, -0.2) is 14.4 Å². The Hall–Kier alpha value is -3.03. The molecule has 0 spiro atoms. The first-order valence-electron chi connectivity index (χ1n) is 10.2. The van der Waals surface area contributed by atoms with Gasteiger partial charge in [-0.3, -0.25) is 4.79 Å². The highest BCUT2D eigenvalue weighted by Gasteiger charge is 2.21. The summed E-state index contributed by atoms with van der Waals surface area (Å²) in [5.41, 5.74) is 2.28. The Morgan fingerprint density at radius 2 is 2.03 bits per heavy atom. The van der Waals surface area contributed by atoms with Crippen LogP contribution in [-0.2, 0) is 11.3 Å². The number of nitrogens with one attached hydrogen (secondary N) is 3. The second kappa shape index (κ2) is 9.85. The summed E-state index contributed by atoms with van der Waals surface area (Å²) < 4.78 is 13.1. The van der Waals surface area contributed by atoms with Crippen molar-refractivity contribution in [2.24, 2.45) is 5.92 Å². The highest BCUT2D eigenvalue weighted by Crippen LogP contribution is 2.29. The zero-order chi connectivity index (χ0) is 21.6. The molecule has 31 heavy (non-hydrogen) atoms. The average Bonchev–Trinajstić information content (AvgIpc) is 2.81. The fraction of sp³-hybridized carbons (Fsp3) is 0.261. The lowest BCUT2D eigenvalue weighted by atomic mass is 9.99. The number of aromatic nitrogens is 2. The summed E-state index contributed by atoms with van der Waals surface area (Å²) in [5, 5.41) is 9.81. The molecular weight excluding hydrogens is 417 g/mol. The number of halogens is 2. The lowest BCUT2D eigenvalue weighted by molar-refractivity contribution is -0.120. The lowest BCUT2D eigenvalue weighted by Gasteiger charge is -2.21. The van der Waals surface area contributed by atoms with Gasteiger partial charge in [0.2, 0.25) is 5.91 Å². The van der Waals surface area contributed by atoms with Gasteiger partial charge in [0.15, 0.2) is 0 Å². The number of amides is 1. The number of hydrogen-bond acceptors (Lipinski definition) is 5. The van der Waals surface area contributed by atoms with Gasteiger partial charge in [0.25, 0.3) is 0 Å². The van der Waals surface area contributed by atoms with Crippen LogP contribution in [0.4, 0.5) is 16.0 Å². The van der Waals surface area contributed by atoms with Gasteiger partial charge < -0.3 is 16.0 Å². The molecule has 3 N–H and O–H groups in total. The lowest BCUT2D eigenvalue weighted by Crippen LogP contribution is -2.37. The van der Waals surface area contributed by atoms with Crippen molar-refractivity contribution in [2.45, 2.75) is 19.4 Å². The summed E-state index contributed by atoms with van der Waals surface area (Å²) in [6.07, 6.45) is 3.37. The summed E-state index contributed by atoms with van der Waals surface area (Å²) in [6.45, 7) is 2.14. The van der Waals surface area contributed by atoms with E-state index >= 15 is 0 Å². The van der Waals surface area contributed by atoms with Gasteiger partial charge in [-0.1, -0.05) is 29.8 Å². The summed E-state index contributed by atoms with van der Waals surface area (Å²) in [4.78, 5) is 21.4. The van der Waals surface area contributed by atoms with E-state index in [2.05, 4.69) is 25.9 Å². The average molecular weight is 440 g/mol. The molecule has 1 aliphatic rings. The van der Waals surface area contributed by atoms with Crippen LogP contribution in [-0.4, -0.2) is 29.0 Å². The van der Waals surface area contributed by atoms with Crippen LogP contribution in [0, 0.1) is 11.7 Å². The Balaban J connectivity index is 1.48. The standard InChI is InChI=1S/C23H23ClFN5O/c24-19-14-28-22(30-23(31)16-3-2-10-26-13-16)11-18(19)20-4-1-5-21(29-20)27-12-15-6-8-17(25)9-7-15/h1,4-9,11,14,16,26H,2-3,10,12-13H2,(H,27,29)(H,28,30,31)/t16-/m1/s1. The van der Waals surface area contributed by atoms with Gasteiger partial charge >= 0.3 is 0 Å². The molecule has 0 bridgehead atoms. The Bertz CT molecular complexity index is 1050. The third-order valence-corrected chi connectivity index (χ3v) is 5.49. The first-order valence-corrected chi connectivity index (χ1v) is 10.6. The van der Waals surface area contributed by atoms with Crippen molar-refractivity contribution in [1.82, 2.24) is 15.3 Å². The third kappa shape index (κ3) is 5.57. The molecule has 160 valence electrons. The molecule has 0 aliphatic carbocycles. The van der Waals surface area contributed by atoms with E-state index < -0.39 is 0 Å². The molecule has 0 saturated carbocycles. The fourth-order valence-corrected chi connectivity index (χ4v) is 3.69. The molecule has 6 nitrogen and oxygen atoms in total. The van der Waals surface area contributed by atoms with E-state index in [4.69, 9.17) is 11.6 Å². The number of piperidine rings is 1. The number of benzene rings is 1. The van der Waals surface area contributed by atoms with Crippen LogP contribution in [0.1, 0.15) is 18.4 Å². The molecule has 1 amide bonds. The Labute approximate surface area is 185 Å². The smallest absolute Gasteiger partial charge is 0.229 e. The van der Waals surface area contributed by atoms with Crippen molar-refractivity contribution < 1.29 is 9.18 Å². The van der Waals surface area contributed by atoms with Gasteiger partial charge in [0.05, 0.1) is 16.6 Å². The molecule has 1 fully saturated rings. The molecule has 2 aromatic heterocycles. The van der Waals surface area contributed by atoms with Crippen LogP contribution >= 0.6 is 11.6 Å². The summed E-state index contributed by atoms with van der Waals surface area (Å²) in [7, 11) is 0. The normalized spacial score (nSPS) is 16.0. The second-order valence-corrected chi connectivity index (χ2v) is 7.88. The molecule has 1 saturated heterocycles. The van der Waals surface area contributed by atoms with Crippen molar-refractivity contribution in [3.05, 3.63) is 71.1 Å².